The molecule has 0 bridgehead atoms. The molecule has 14 heavy (non-hydrogen) atoms. The SMILES string of the molecule is CCC(O)C(CC(C)(C)O)S(=O)(=O)O. The van der Waals surface area contributed by atoms with E-state index in [4.69, 9.17) is 4.55 Å². The molecule has 2 unspecified atom stereocenters. The zero-order valence-corrected chi connectivity index (χ0v) is 9.45. The average Bonchev–Trinajstić information content (AvgIpc) is 1.95. The Labute approximate surface area is 84.5 Å². The van der Waals surface area contributed by atoms with Crippen molar-refractivity contribution < 1.29 is 23.2 Å². The molecule has 0 spiro atoms. The van der Waals surface area contributed by atoms with E-state index in [0.29, 0.717) is 0 Å². The van der Waals surface area contributed by atoms with Gasteiger partial charge in [0.2, 0.25) is 0 Å². The van der Waals surface area contributed by atoms with E-state index in [1.165, 1.54) is 13.8 Å². The molecular formula is C8H18O5S. The third-order valence-electron chi connectivity index (χ3n) is 1.93. The molecule has 6 heteroatoms. The lowest BCUT2D eigenvalue weighted by atomic mass is 9.99. The van der Waals surface area contributed by atoms with Crippen molar-refractivity contribution in [1.82, 2.24) is 0 Å². The van der Waals surface area contributed by atoms with Crippen LogP contribution in [0, 0.1) is 0 Å². The van der Waals surface area contributed by atoms with E-state index in [9.17, 15) is 18.6 Å². The molecule has 3 N–H and O–H groups in total. The van der Waals surface area contributed by atoms with Gasteiger partial charge in [-0.25, -0.2) is 0 Å². The van der Waals surface area contributed by atoms with Gasteiger partial charge in [0, 0.05) is 0 Å². The number of hydrogen-bond acceptors (Lipinski definition) is 4. The molecule has 0 fully saturated rings. The van der Waals surface area contributed by atoms with Crippen LogP contribution in [0.5, 0.6) is 0 Å². The van der Waals surface area contributed by atoms with Crippen LogP contribution in [0.3, 0.4) is 0 Å². The van der Waals surface area contributed by atoms with Gasteiger partial charge in [-0.15, -0.1) is 0 Å². The van der Waals surface area contributed by atoms with Crippen LogP contribution in [0.1, 0.15) is 33.6 Å². The highest BCUT2D eigenvalue weighted by molar-refractivity contribution is 7.86. The van der Waals surface area contributed by atoms with E-state index >= 15 is 0 Å². The molecule has 0 radical (unpaired) electrons. The number of aliphatic hydroxyl groups is 2. The van der Waals surface area contributed by atoms with Crippen molar-refractivity contribution in [1.29, 1.82) is 0 Å². The summed E-state index contributed by atoms with van der Waals surface area (Å²) in [6.45, 7) is 4.45. The maximum absolute atomic E-state index is 10.9. The first-order valence-corrected chi connectivity index (χ1v) is 5.95. The molecule has 0 aromatic heterocycles. The minimum absolute atomic E-state index is 0.194. The van der Waals surface area contributed by atoms with Gasteiger partial charge < -0.3 is 10.2 Å². The summed E-state index contributed by atoms with van der Waals surface area (Å²) in [4.78, 5) is 0. The van der Waals surface area contributed by atoms with Crippen molar-refractivity contribution in [2.75, 3.05) is 0 Å². The Morgan fingerprint density at radius 1 is 1.36 bits per heavy atom. The second-order valence-corrected chi connectivity index (χ2v) is 5.68. The topological polar surface area (TPSA) is 94.8 Å². The van der Waals surface area contributed by atoms with Gasteiger partial charge in [-0.1, -0.05) is 6.92 Å². The van der Waals surface area contributed by atoms with Crippen molar-refractivity contribution in [3.05, 3.63) is 0 Å². The van der Waals surface area contributed by atoms with Crippen LogP contribution in [-0.4, -0.2) is 40.1 Å². The summed E-state index contributed by atoms with van der Waals surface area (Å²) in [6.07, 6.45) is -1.14. The number of rotatable bonds is 5. The van der Waals surface area contributed by atoms with Crippen LogP contribution in [0.4, 0.5) is 0 Å². The molecule has 5 nitrogen and oxygen atoms in total. The lowest BCUT2D eigenvalue weighted by molar-refractivity contribution is 0.0485. The molecule has 0 aliphatic heterocycles. The largest absolute Gasteiger partial charge is 0.392 e. The standard InChI is InChI=1S/C8H18O5S/c1-4-6(9)7(14(11,12)13)5-8(2,3)10/h6-7,9-10H,4-5H2,1-3H3,(H,11,12,13). The highest BCUT2D eigenvalue weighted by Gasteiger charge is 2.34. The van der Waals surface area contributed by atoms with E-state index in [1.54, 1.807) is 6.92 Å². The summed E-state index contributed by atoms with van der Waals surface area (Å²) in [6, 6.07) is 0. The Bertz CT molecular complexity index is 264. The summed E-state index contributed by atoms with van der Waals surface area (Å²) in [5.74, 6) is 0. The molecule has 86 valence electrons. The van der Waals surface area contributed by atoms with Gasteiger partial charge in [0.15, 0.2) is 0 Å². The Hall–Kier alpha value is -0.170. The summed E-state index contributed by atoms with van der Waals surface area (Å²) in [7, 11) is -4.32. The smallest absolute Gasteiger partial charge is 0.270 e. The van der Waals surface area contributed by atoms with E-state index < -0.39 is 27.1 Å². The van der Waals surface area contributed by atoms with Crippen molar-refractivity contribution in [2.45, 2.75) is 50.6 Å². The van der Waals surface area contributed by atoms with Crippen molar-refractivity contribution in [3.8, 4) is 0 Å². The fourth-order valence-electron chi connectivity index (χ4n) is 1.20. The molecule has 0 saturated carbocycles. The summed E-state index contributed by atoms with van der Waals surface area (Å²) >= 11 is 0. The Kier molecular flexibility index (Phi) is 4.51. The Morgan fingerprint density at radius 2 is 1.79 bits per heavy atom. The second-order valence-electron chi connectivity index (χ2n) is 4.05. The molecule has 0 saturated heterocycles. The predicted octanol–water partition coefficient (Wildman–Crippen LogP) is 0.175. The maximum Gasteiger partial charge on any atom is 0.270 e. The normalized spacial score (nSPS) is 17.9. The summed E-state index contributed by atoms with van der Waals surface area (Å²) in [5.41, 5.74) is -1.24. The van der Waals surface area contributed by atoms with Gasteiger partial charge in [0.25, 0.3) is 10.1 Å². The zero-order chi connectivity index (χ0) is 11.6. The van der Waals surface area contributed by atoms with Crippen molar-refractivity contribution in [2.24, 2.45) is 0 Å². The van der Waals surface area contributed by atoms with Gasteiger partial charge in [-0.3, -0.25) is 4.55 Å². The summed E-state index contributed by atoms with van der Waals surface area (Å²) in [5, 5.41) is 17.4. The van der Waals surface area contributed by atoms with Crippen LogP contribution in [0.2, 0.25) is 0 Å². The molecule has 0 heterocycles. The minimum Gasteiger partial charge on any atom is -0.392 e. The average molecular weight is 226 g/mol. The third kappa shape index (κ3) is 4.90. The molecule has 2 atom stereocenters. The van der Waals surface area contributed by atoms with E-state index in [1.807, 2.05) is 0 Å². The zero-order valence-electron chi connectivity index (χ0n) is 8.64. The van der Waals surface area contributed by atoms with Crippen LogP contribution in [-0.2, 0) is 10.1 Å². The lowest BCUT2D eigenvalue weighted by Gasteiger charge is -2.25. The molecule has 0 rings (SSSR count). The quantitative estimate of drug-likeness (QED) is 0.581. The van der Waals surface area contributed by atoms with Gasteiger partial charge in [0.1, 0.15) is 5.25 Å². The van der Waals surface area contributed by atoms with Gasteiger partial charge in [-0.2, -0.15) is 8.42 Å². The highest BCUT2D eigenvalue weighted by atomic mass is 32.2. The van der Waals surface area contributed by atoms with Gasteiger partial charge in [0.05, 0.1) is 11.7 Å². The maximum atomic E-state index is 10.9. The van der Waals surface area contributed by atoms with Crippen LogP contribution in [0.15, 0.2) is 0 Å². The van der Waals surface area contributed by atoms with Crippen molar-refractivity contribution >= 4 is 10.1 Å². The number of aliphatic hydroxyl groups excluding tert-OH is 1. The fourth-order valence-corrected chi connectivity index (χ4v) is 2.40. The molecular weight excluding hydrogens is 208 g/mol. The summed E-state index contributed by atoms with van der Waals surface area (Å²) < 4.78 is 30.6. The number of hydrogen-bond donors (Lipinski definition) is 3. The molecule has 0 aliphatic carbocycles. The highest BCUT2D eigenvalue weighted by Crippen LogP contribution is 2.20. The van der Waals surface area contributed by atoms with Crippen LogP contribution < -0.4 is 0 Å². The third-order valence-corrected chi connectivity index (χ3v) is 3.18. The van der Waals surface area contributed by atoms with Crippen LogP contribution >= 0.6 is 0 Å². The fraction of sp³-hybridized carbons (Fsp3) is 1.00. The monoisotopic (exact) mass is 226 g/mol. The van der Waals surface area contributed by atoms with Gasteiger partial charge in [-0.05, 0) is 26.7 Å². The molecule has 0 amide bonds. The van der Waals surface area contributed by atoms with Crippen LogP contribution in [0.25, 0.3) is 0 Å². The second kappa shape index (κ2) is 4.57. The van der Waals surface area contributed by atoms with Crippen molar-refractivity contribution in [3.63, 3.8) is 0 Å². The van der Waals surface area contributed by atoms with E-state index in [0.717, 1.165) is 0 Å². The lowest BCUT2D eigenvalue weighted by Crippen LogP contribution is -2.39. The Morgan fingerprint density at radius 3 is 2.00 bits per heavy atom. The predicted molar refractivity (Wildman–Crippen MR) is 52.5 cm³/mol. The first-order valence-electron chi connectivity index (χ1n) is 4.44. The molecule has 0 aromatic carbocycles. The molecule has 0 aliphatic rings. The van der Waals surface area contributed by atoms with E-state index in [2.05, 4.69) is 0 Å². The Balaban J connectivity index is 4.77. The first-order chi connectivity index (χ1) is 6.08. The first kappa shape index (κ1) is 13.8. The minimum atomic E-state index is -4.32. The molecule has 0 aromatic rings. The van der Waals surface area contributed by atoms with Gasteiger partial charge >= 0.3 is 0 Å². The van der Waals surface area contributed by atoms with E-state index in [-0.39, 0.29) is 12.8 Å².